The molecule has 1 aromatic carbocycles. The van der Waals surface area contributed by atoms with Gasteiger partial charge in [-0.15, -0.1) is 0 Å². The van der Waals surface area contributed by atoms with E-state index >= 15 is 0 Å². The lowest BCUT2D eigenvalue weighted by Gasteiger charge is -2.33. The van der Waals surface area contributed by atoms with Crippen molar-refractivity contribution in [1.82, 2.24) is 24.6 Å². The summed E-state index contributed by atoms with van der Waals surface area (Å²) in [7, 11) is 0. The van der Waals surface area contributed by atoms with Gasteiger partial charge in [0.1, 0.15) is 23.1 Å². The smallest absolute Gasteiger partial charge is 0.410 e. The van der Waals surface area contributed by atoms with Crippen LogP contribution in [-0.4, -0.2) is 54.4 Å². The summed E-state index contributed by atoms with van der Waals surface area (Å²) < 4.78 is 13.4. The number of piperidine rings is 1. The second-order valence-electron chi connectivity index (χ2n) is 9.47. The lowest BCUT2D eigenvalue weighted by molar-refractivity contribution is -0.385. The standard InChI is InChI=1S/C23H28N6O5/c1-14-10-17(29(31)32)11-15(2)19(14)33-21-18-12-26-28(20(18)24-13-25-21)16-6-8-27(9-7-16)22(30)34-23(3,4)5/h10-13,16H,6-9H2,1-5H3. The van der Waals surface area contributed by atoms with Crippen LogP contribution in [0.25, 0.3) is 11.0 Å². The minimum atomic E-state index is -0.528. The van der Waals surface area contributed by atoms with Crippen LogP contribution in [0.4, 0.5) is 10.5 Å². The van der Waals surface area contributed by atoms with Crippen LogP contribution in [0.2, 0.25) is 0 Å². The number of carbonyl (C=O) groups excluding carboxylic acids is 1. The van der Waals surface area contributed by atoms with Crippen LogP contribution in [0.5, 0.6) is 11.6 Å². The first kappa shape index (κ1) is 23.4. The maximum Gasteiger partial charge on any atom is 0.410 e. The Bertz CT molecular complexity index is 1220. The van der Waals surface area contributed by atoms with E-state index in [0.29, 0.717) is 46.9 Å². The van der Waals surface area contributed by atoms with E-state index in [0.717, 1.165) is 12.8 Å². The van der Waals surface area contributed by atoms with Gasteiger partial charge in [0.25, 0.3) is 5.69 Å². The zero-order valence-corrected chi connectivity index (χ0v) is 19.9. The summed E-state index contributed by atoms with van der Waals surface area (Å²) in [6.07, 6.45) is 4.22. The predicted octanol–water partition coefficient (Wildman–Crippen LogP) is 4.72. The Morgan fingerprint density at radius 2 is 1.79 bits per heavy atom. The Hall–Kier alpha value is -3.76. The Morgan fingerprint density at radius 3 is 2.38 bits per heavy atom. The fraction of sp³-hybridized carbons (Fsp3) is 0.478. The molecular formula is C23H28N6O5. The van der Waals surface area contributed by atoms with E-state index in [1.807, 2.05) is 25.5 Å². The molecule has 0 N–H and O–H groups in total. The monoisotopic (exact) mass is 468 g/mol. The van der Waals surface area contributed by atoms with Gasteiger partial charge in [-0.2, -0.15) is 5.10 Å². The quantitative estimate of drug-likeness (QED) is 0.398. The van der Waals surface area contributed by atoms with Gasteiger partial charge in [-0.05, 0) is 58.6 Å². The highest BCUT2D eigenvalue weighted by molar-refractivity contribution is 5.80. The molecule has 34 heavy (non-hydrogen) atoms. The summed E-state index contributed by atoms with van der Waals surface area (Å²) in [5, 5.41) is 16.3. The Labute approximate surface area is 196 Å². The van der Waals surface area contributed by atoms with E-state index in [4.69, 9.17) is 9.47 Å². The number of ether oxygens (including phenoxy) is 2. The molecule has 1 fully saturated rings. The Morgan fingerprint density at radius 1 is 1.15 bits per heavy atom. The van der Waals surface area contributed by atoms with Gasteiger partial charge < -0.3 is 14.4 Å². The molecule has 1 aliphatic heterocycles. The molecule has 0 saturated carbocycles. The number of benzene rings is 1. The van der Waals surface area contributed by atoms with E-state index < -0.39 is 10.5 Å². The third-order valence-electron chi connectivity index (χ3n) is 5.67. The van der Waals surface area contributed by atoms with E-state index in [1.165, 1.54) is 18.5 Å². The average molecular weight is 469 g/mol. The van der Waals surface area contributed by atoms with Crippen molar-refractivity contribution in [3.63, 3.8) is 0 Å². The molecule has 0 unspecified atom stereocenters. The maximum atomic E-state index is 12.4. The number of amides is 1. The van der Waals surface area contributed by atoms with Crippen LogP contribution < -0.4 is 4.74 Å². The molecule has 11 heteroatoms. The minimum Gasteiger partial charge on any atom is -0.444 e. The summed E-state index contributed by atoms with van der Waals surface area (Å²) in [5.41, 5.74) is 1.40. The van der Waals surface area contributed by atoms with Crippen molar-refractivity contribution in [3.05, 3.63) is 45.9 Å². The highest BCUT2D eigenvalue weighted by Crippen LogP contribution is 2.35. The molecule has 4 rings (SSSR count). The van der Waals surface area contributed by atoms with Gasteiger partial charge in [-0.25, -0.2) is 19.4 Å². The summed E-state index contributed by atoms with van der Waals surface area (Å²) in [6.45, 7) is 10.2. The van der Waals surface area contributed by atoms with Crippen molar-refractivity contribution < 1.29 is 19.2 Å². The molecule has 11 nitrogen and oxygen atoms in total. The van der Waals surface area contributed by atoms with Gasteiger partial charge in [0.05, 0.1) is 17.2 Å². The SMILES string of the molecule is Cc1cc([N+](=O)[O-])cc(C)c1Oc1ncnc2c1cnn2C1CCN(C(=O)OC(C)(C)C)CC1. The first-order valence-electron chi connectivity index (χ1n) is 11.1. The van der Waals surface area contributed by atoms with Crippen molar-refractivity contribution in [2.45, 2.75) is 59.1 Å². The molecule has 1 saturated heterocycles. The number of nitrogens with zero attached hydrogens (tertiary/aromatic N) is 6. The summed E-state index contributed by atoms with van der Waals surface area (Å²) in [4.78, 5) is 33.5. The molecule has 0 aliphatic carbocycles. The van der Waals surface area contributed by atoms with Crippen LogP contribution in [0, 0.1) is 24.0 Å². The van der Waals surface area contributed by atoms with Gasteiger partial charge >= 0.3 is 6.09 Å². The lowest BCUT2D eigenvalue weighted by atomic mass is 10.1. The van der Waals surface area contributed by atoms with Crippen molar-refractivity contribution >= 4 is 22.8 Å². The summed E-state index contributed by atoms with van der Waals surface area (Å²) >= 11 is 0. The van der Waals surface area contributed by atoms with E-state index in [1.54, 1.807) is 24.9 Å². The van der Waals surface area contributed by atoms with Gasteiger partial charge in [-0.1, -0.05) is 0 Å². The molecule has 0 radical (unpaired) electrons. The molecular weight excluding hydrogens is 440 g/mol. The molecule has 3 aromatic rings. The van der Waals surface area contributed by atoms with Crippen molar-refractivity contribution in [1.29, 1.82) is 0 Å². The van der Waals surface area contributed by atoms with Gasteiger partial charge in [0.2, 0.25) is 5.88 Å². The van der Waals surface area contributed by atoms with Crippen LogP contribution in [0.15, 0.2) is 24.7 Å². The number of hydrogen-bond acceptors (Lipinski definition) is 8. The summed E-state index contributed by atoms with van der Waals surface area (Å²) in [6, 6.07) is 3.02. The molecule has 0 atom stereocenters. The molecule has 2 aromatic heterocycles. The van der Waals surface area contributed by atoms with Crippen LogP contribution >= 0.6 is 0 Å². The molecule has 0 spiro atoms. The fourth-order valence-electron chi connectivity index (χ4n) is 4.10. The number of carbonyl (C=O) groups is 1. The molecule has 1 amide bonds. The highest BCUT2D eigenvalue weighted by atomic mass is 16.6. The molecule has 180 valence electrons. The van der Waals surface area contributed by atoms with Crippen LogP contribution in [-0.2, 0) is 4.74 Å². The summed E-state index contributed by atoms with van der Waals surface area (Å²) in [5.74, 6) is 0.853. The number of aromatic nitrogens is 4. The van der Waals surface area contributed by atoms with Crippen LogP contribution in [0.1, 0.15) is 50.8 Å². The van der Waals surface area contributed by atoms with Gasteiger partial charge in [0.15, 0.2) is 5.65 Å². The zero-order valence-electron chi connectivity index (χ0n) is 19.9. The Kier molecular flexibility index (Phi) is 6.11. The van der Waals surface area contributed by atoms with E-state index in [2.05, 4.69) is 15.1 Å². The predicted molar refractivity (Wildman–Crippen MR) is 124 cm³/mol. The number of hydrogen-bond donors (Lipinski definition) is 0. The largest absolute Gasteiger partial charge is 0.444 e. The second-order valence-corrected chi connectivity index (χ2v) is 9.47. The highest BCUT2D eigenvalue weighted by Gasteiger charge is 2.29. The minimum absolute atomic E-state index is 0.0146. The average Bonchev–Trinajstić information content (AvgIpc) is 3.20. The molecule has 0 bridgehead atoms. The topological polar surface area (TPSA) is 126 Å². The van der Waals surface area contributed by atoms with Crippen molar-refractivity contribution in [3.8, 4) is 11.6 Å². The first-order valence-corrected chi connectivity index (χ1v) is 11.1. The zero-order chi connectivity index (χ0) is 24.6. The third-order valence-corrected chi connectivity index (χ3v) is 5.67. The first-order chi connectivity index (χ1) is 16.0. The number of aryl methyl sites for hydroxylation is 2. The fourth-order valence-corrected chi connectivity index (χ4v) is 4.10. The number of rotatable bonds is 4. The number of likely N-dealkylation sites (tertiary alicyclic amines) is 1. The van der Waals surface area contributed by atoms with E-state index in [9.17, 15) is 14.9 Å². The number of fused-ring (bicyclic) bond motifs is 1. The number of nitro groups is 1. The van der Waals surface area contributed by atoms with Crippen LogP contribution in [0.3, 0.4) is 0 Å². The second kappa shape index (κ2) is 8.88. The van der Waals surface area contributed by atoms with Gasteiger partial charge in [-0.3, -0.25) is 10.1 Å². The maximum absolute atomic E-state index is 12.4. The van der Waals surface area contributed by atoms with Gasteiger partial charge in [0, 0.05) is 25.2 Å². The lowest BCUT2D eigenvalue weighted by Crippen LogP contribution is -2.42. The van der Waals surface area contributed by atoms with Crippen molar-refractivity contribution in [2.75, 3.05) is 13.1 Å². The normalized spacial score (nSPS) is 14.9. The number of nitro benzene ring substituents is 1. The number of non-ortho nitro benzene ring substituents is 1. The molecule has 3 heterocycles. The third kappa shape index (κ3) is 4.78. The molecule has 1 aliphatic rings. The van der Waals surface area contributed by atoms with E-state index in [-0.39, 0.29) is 17.8 Å². The van der Waals surface area contributed by atoms with Crippen molar-refractivity contribution in [2.24, 2.45) is 0 Å². The Balaban J connectivity index is 1.53.